The zero-order valence-corrected chi connectivity index (χ0v) is 5.52. The lowest BCUT2D eigenvalue weighted by molar-refractivity contribution is 0.812. The van der Waals surface area contributed by atoms with Gasteiger partial charge in [0.05, 0.1) is 0 Å². The van der Waals surface area contributed by atoms with Crippen molar-refractivity contribution in [3.05, 3.63) is 23.6 Å². The van der Waals surface area contributed by atoms with Crippen molar-refractivity contribution in [1.29, 1.82) is 0 Å². The Kier molecular flexibility index (Phi) is 1.57. The van der Waals surface area contributed by atoms with E-state index in [1.165, 1.54) is 7.28 Å². The van der Waals surface area contributed by atoms with Crippen molar-refractivity contribution in [2.24, 2.45) is 5.92 Å². The first-order chi connectivity index (χ1) is 3.80. The monoisotopic (exact) mass is 106 g/mol. The third-order valence-corrected chi connectivity index (χ3v) is 1.54. The van der Waals surface area contributed by atoms with Crippen LogP contribution in [0.2, 0.25) is 0 Å². The molecule has 1 aliphatic heterocycles. The van der Waals surface area contributed by atoms with E-state index in [-0.39, 0.29) is 0 Å². The summed E-state index contributed by atoms with van der Waals surface area (Å²) in [5.74, 6) is 2.94. The second-order valence-corrected chi connectivity index (χ2v) is 2.53. The van der Waals surface area contributed by atoms with Crippen LogP contribution in [-0.4, -0.2) is 7.28 Å². The standard InChI is InChI=1S/C7H11B/c1-6(2)7-4-3-5-8-7/h3-6,8H,1-2H3. The van der Waals surface area contributed by atoms with Gasteiger partial charge in [0.1, 0.15) is 0 Å². The number of hydrogen-bond acceptors (Lipinski definition) is 0. The van der Waals surface area contributed by atoms with Crippen LogP contribution in [-0.2, 0) is 0 Å². The summed E-state index contributed by atoms with van der Waals surface area (Å²) in [5.41, 5.74) is 1.56. The molecule has 0 saturated heterocycles. The van der Waals surface area contributed by atoms with Crippen LogP contribution in [0.1, 0.15) is 13.8 Å². The van der Waals surface area contributed by atoms with Gasteiger partial charge in [-0.2, -0.15) is 0 Å². The van der Waals surface area contributed by atoms with Gasteiger partial charge in [-0.05, 0) is 5.92 Å². The maximum absolute atomic E-state index is 2.23. The molecule has 1 aliphatic rings. The predicted molar refractivity (Wildman–Crippen MR) is 39.2 cm³/mol. The molecule has 0 aromatic carbocycles. The minimum atomic E-state index is 0.741. The lowest BCUT2D eigenvalue weighted by Crippen LogP contribution is -1.96. The number of hydrogen-bond donors (Lipinski definition) is 0. The second kappa shape index (κ2) is 2.21. The van der Waals surface area contributed by atoms with Crippen LogP contribution < -0.4 is 0 Å². The highest BCUT2D eigenvalue weighted by Gasteiger charge is 2.03. The van der Waals surface area contributed by atoms with Crippen LogP contribution >= 0.6 is 0 Å². The van der Waals surface area contributed by atoms with E-state index in [9.17, 15) is 0 Å². The molecule has 0 radical (unpaired) electrons. The van der Waals surface area contributed by atoms with Crippen molar-refractivity contribution >= 4 is 7.28 Å². The Balaban J connectivity index is 2.51. The smallest absolute Gasteiger partial charge is 0.114 e. The summed E-state index contributed by atoms with van der Waals surface area (Å²) in [6.45, 7) is 4.47. The molecule has 1 rings (SSSR count). The quantitative estimate of drug-likeness (QED) is 0.444. The molecule has 0 nitrogen and oxygen atoms in total. The summed E-state index contributed by atoms with van der Waals surface area (Å²) in [6, 6.07) is 0. The minimum absolute atomic E-state index is 0.741. The lowest BCUT2D eigenvalue weighted by atomic mass is 9.68. The molecular weight excluding hydrogens is 94.9 g/mol. The van der Waals surface area contributed by atoms with Crippen LogP contribution in [0.25, 0.3) is 0 Å². The minimum Gasteiger partial charge on any atom is -0.114 e. The van der Waals surface area contributed by atoms with E-state index < -0.39 is 0 Å². The third-order valence-electron chi connectivity index (χ3n) is 1.54. The molecule has 0 atom stereocenters. The highest BCUT2D eigenvalue weighted by atomic mass is 14.0. The van der Waals surface area contributed by atoms with Gasteiger partial charge in [0.2, 0.25) is 0 Å². The molecule has 42 valence electrons. The van der Waals surface area contributed by atoms with E-state index in [0.29, 0.717) is 0 Å². The van der Waals surface area contributed by atoms with Gasteiger partial charge in [0, 0.05) is 0 Å². The first-order valence-electron chi connectivity index (χ1n) is 3.16. The van der Waals surface area contributed by atoms with Gasteiger partial charge in [-0.25, -0.2) is 0 Å². The molecule has 0 amide bonds. The Bertz CT molecular complexity index is 131. The van der Waals surface area contributed by atoms with Crippen molar-refractivity contribution in [2.75, 3.05) is 0 Å². The van der Waals surface area contributed by atoms with E-state index in [1.807, 2.05) is 0 Å². The van der Waals surface area contributed by atoms with Gasteiger partial charge in [-0.1, -0.05) is 31.5 Å². The molecule has 0 unspecified atom stereocenters. The number of allylic oxidation sites excluding steroid dienone is 3. The molecule has 0 saturated carbocycles. The fourth-order valence-electron chi connectivity index (χ4n) is 0.892. The summed E-state index contributed by atoms with van der Waals surface area (Å²) in [7, 11) is 1.18. The molecule has 1 heteroatoms. The highest BCUT2D eigenvalue weighted by molar-refractivity contribution is 6.52. The van der Waals surface area contributed by atoms with Crippen molar-refractivity contribution in [3.63, 3.8) is 0 Å². The fourth-order valence-corrected chi connectivity index (χ4v) is 0.892. The maximum Gasteiger partial charge on any atom is 0.178 e. The Labute approximate surface area is 51.5 Å². The first kappa shape index (κ1) is 5.68. The summed E-state index contributed by atoms with van der Waals surface area (Å²) in [4.78, 5) is 0. The Morgan fingerprint density at radius 1 is 1.50 bits per heavy atom. The van der Waals surface area contributed by atoms with E-state index in [4.69, 9.17) is 0 Å². The summed E-state index contributed by atoms with van der Waals surface area (Å²) in [6.07, 6.45) is 4.35. The maximum atomic E-state index is 2.23. The van der Waals surface area contributed by atoms with Crippen LogP contribution in [0.4, 0.5) is 0 Å². The van der Waals surface area contributed by atoms with Crippen LogP contribution in [0, 0.1) is 5.92 Å². The Morgan fingerprint density at radius 3 is 2.50 bits per heavy atom. The van der Waals surface area contributed by atoms with Crippen LogP contribution in [0.5, 0.6) is 0 Å². The first-order valence-corrected chi connectivity index (χ1v) is 3.16. The van der Waals surface area contributed by atoms with Gasteiger partial charge in [-0.15, -0.1) is 5.98 Å². The van der Waals surface area contributed by atoms with Gasteiger partial charge in [0.25, 0.3) is 0 Å². The van der Waals surface area contributed by atoms with E-state index in [1.54, 1.807) is 5.47 Å². The third kappa shape index (κ3) is 1.03. The van der Waals surface area contributed by atoms with Gasteiger partial charge >= 0.3 is 0 Å². The van der Waals surface area contributed by atoms with Gasteiger partial charge in [0.15, 0.2) is 7.28 Å². The Morgan fingerprint density at radius 2 is 2.25 bits per heavy atom. The van der Waals surface area contributed by atoms with Crippen molar-refractivity contribution in [2.45, 2.75) is 13.8 Å². The van der Waals surface area contributed by atoms with Crippen LogP contribution in [0.15, 0.2) is 23.6 Å². The summed E-state index contributed by atoms with van der Waals surface area (Å²) >= 11 is 0. The molecular formula is C7H11B. The molecule has 0 bridgehead atoms. The summed E-state index contributed by atoms with van der Waals surface area (Å²) in [5, 5.41) is 0. The van der Waals surface area contributed by atoms with Crippen molar-refractivity contribution in [3.8, 4) is 0 Å². The number of rotatable bonds is 1. The summed E-state index contributed by atoms with van der Waals surface area (Å²) < 4.78 is 0. The van der Waals surface area contributed by atoms with Crippen molar-refractivity contribution < 1.29 is 0 Å². The second-order valence-electron chi connectivity index (χ2n) is 2.53. The van der Waals surface area contributed by atoms with Gasteiger partial charge < -0.3 is 0 Å². The molecule has 1 heterocycles. The zero-order valence-electron chi connectivity index (χ0n) is 5.52. The van der Waals surface area contributed by atoms with E-state index in [0.717, 1.165) is 5.92 Å². The Hall–Kier alpha value is -0.455. The molecule has 0 aliphatic carbocycles. The fraction of sp³-hybridized carbons (Fsp3) is 0.429. The normalized spacial score (nSPS) is 16.6. The molecule has 0 fully saturated rings. The highest BCUT2D eigenvalue weighted by Crippen LogP contribution is 2.11. The van der Waals surface area contributed by atoms with Crippen LogP contribution in [0.3, 0.4) is 0 Å². The average molecular weight is 106 g/mol. The SMILES string of the molecule is CC(C)C1=CC=CB1. The van der Waals surface area contributed by atoms with Gasteiger partial charge in [-0.3, -0.25) is 0 Å². The molecule has 0 spiro atoms. The molecule has 0 aromatic rings. The molecule has 0 aromatic heterocycles. The predicted octanol–water partition coefficient (Wildman–Crippen LogP) is 1.49. The van der Waals surface area contributed by atoms with Crippen molar-refractivity contribution in [1.82, 2.24) is 0 Å². The molecule has 8 heavy (non-hydrogen) atoms. The zero-order chi connectivity index (χ0) is 5.98. The average Bonchev–Trinajstić information content (AvgIpc) is 2.12. The largest absolute Gasteiger partial charge is 0.178 e. The topological polar surface area (TPSA) is 0 Å². The van der Waals surface area contributed by atoms with E-state index >= 15 is 0 Å². The lowest BCUT2D eigenvalue weighted by Gasteiger charge is -2.01. The van der Waals surface area contributed by atoms with E-state index in [2.05, 4.69) is 32.0 Å². The molecule has 0 N–H and O–H groups in total.